The van der Waals surface area contributed by atoms with E-state index in [4.69, 9.17) is 5.73 Å². The minimum Gasteiger partial charge on any atom is -0.366 e. The summed E-state index contributed by atoms with van der Waals surface area (Å²) in [6, 6.07) is 9.32. The van der Waals surface area contributed by atoms with Gasteiger partial charge in [-0.15, -0.1) is 11.3 Å². The van der Waals surface area contributed by atoms with E-state index in [0.717, 1.165) is 15.9 Å². The molecule has 4 nitrogen and oxygen atoms in total. The zero-order valence-electron chi connectivity index (χ0n) is 8.83. The van der Waals surface area contributed by atoms with Crippen molar-refractivity contribution in [2.45, 2.75) is 0 Å². The molecule has 2 aromatic heterocycles. The molecule has 0 unspecified atom stereocenters. The molecule has 3 aromatic rings. The number of aromatic nitrogens is 2. The Labute approximate surface area is 101 Å². The number of nitrogens with two attached hydrogens (primary N) is 1. The first kappa shape index (κ1) is 10.0. The topological polar surface area (TPSA) is 60.9 Å². The van der Waals surface area contributed by atoms with Crippen LogP contribution in [0, 0.1) is 0 Å². The third kappa shape index (κ3) is 1.60. The number of hydrogen-bond donors (Lipinski definition) is 1. The highest BCUT2D eigenvalue weighted by Gasteiger charge is 2.08. The van der Waals surface area contributed by atoms with E-state index in [-0.39, 0.29) is 0 Å². The van der Waals surface area contributed by atoms with Crippen LogP contribution < -0.4 is 5.73 Å². The monoisotopic (exact) mass is 243 g/mol. The Morgan fingerprint density at radius 2 is 2.24 bits per heavy atom. The Kier molecular flexibility index (Phi) is 2.19. The Morgan fingerprint density at radius 3 is 2.94 bits per heavy atom. The van der Waals surface area contributed by atoms with E-state index in [1.54, 1.807) is 29.7 Å². The SMILES string of the molecule is NC(=O)c1ccc2c(cnn2-c2cccs2)c1. The second-order valence-corrected chi connectivity index (χ2v) is 4.57. The fraction of sp³-hybridized carbons (Fsp3) is 0. The number of carbonyl (C=O) groups is 1. The Bertz CT molecular complexity index is 685. The molecule has 1 aromatic carbocycles. The van der Waals surface area contributed by atoms with Crippen LogP contribution in [0.15, 0.2) is 41.9 Å². The van der Waals surface area contributed by atoms with Crippen molar-refractivity contribution < 1.29 is 4.79 Å². The van der Waals surface area contributed by atoms with Gasteiger partial charge in [-0.2, -0.15) is 5.10 Å². The normalized spacial score (nSPS) is 10.8. The molecule has 0 saturated carbocycles. The number of benzene rings is 1. The zero-order valence-corrected chi connectivity index (χ0v) is 9.65. The summed E-state index contributed by atoms with van der Waals surface area (Å²) in [6.45, 7) is 0. The number of carbonyl (C=O) groups excluding carboxylic acids is 1. The largest absolute Gasteiger partial charge is 0.366 e. The zero-order chi connectivity index (χ0) is 11.8. The third-order valence-corrected chi connectivity index (χ3v) is 3.41. The molecule has 0 aliphatic heterocycles. The molecule has 3 rings (SSSR count). The number of primary amides is 1. The fourth-order valence-electron chi connectivity index (χ4n) is 1.75. The molecule has 0 bridgehead atoms. The van der Waals surface area contributed by atoms with Gasteiger partial charge >= 0.3 is 0 Å². The average molecular weight is 243 g/mol. The van der Waals surface area contributed by atoms with Crippen LogP contribution in [0.2, 0.25) is 0 Å². The lowest BCUT2D eigenvalue weighted by molar-refractivity contribution is 0.100. The summed E-state index contributed by atoms with van der Waals surface area (Å²) in [5.74, 6) is -0.421. The number of nitrogens with zero attached hydrogens (tertiary/aromatic N) is 2. The number of amides is 1. The van der Waals surface area contributed by atoms with Crippen LogP contribution in [0.4, 0.5) is 0 Å². The maximum Gasteiger partial charge on any atom is 0.248 e. The van der Waals surface area contributed by atoms with Gasteiger partial charge in [-0.25, -0.2) is 4.68 Å². The van der Waals surface area contributed by atoms with E-state index < -0.39 is 5.91 Å². The first-order chi connectivity index (χ1) is 8.25. The Hall–Kier alpha value is -2.14. The summed E-state index contributed by atoms with van der Waals surface area (Å²) in [5, 5.41) is 8.27. The van der Waals surface area contributed by atoms with E-state index in [0.29, 0.717) is 5.56 Å². The van der Waals surface area contributed by atoms with Gasteiger partial charge in [0.05, 0.1) is 11.7 Å². The molecule has 0 aliphatic rings. The number of fused-ring (bicyclic) bond motifs is 1. The molecule has 0 aliphatic carbocycles. The summed E-state index contributed by atoms with van der Waals surface area (Å²) in [6.07, 6.45) is 1.74. The van der Waals surface area contributed by atoms with E-state index in [1.807, 2.05) is 28.3 Å². The van der Waals surface area contributed by atoms with Gasteiger partial charge in [-0.3, -0.25) is 4.79 Å². The second-order valence-electron chi connectivity index (χ2n) is 3.65. The van der Waals surface area contributed by atoms with Crippen LogP contribution in [0.5, 0.6) is 0 Å². The molecule has 2 N–H and O–H groups in total. The van der Waals surface area contributed by atoms with Gasteiger partial charge in [0, 0.05) is 10.9 Å². The standard InChI is InChI=1S/C12H9N3OS/c13-12(16)8-3-4-10-9(6-8)7-14-15(10)11-2-1-5-17-11/h1-7H,(H2,13,16). The van der Waals surface area contributed by atoms with Crippen molar-refractivity contribution in [1.29, 1.82) is 0 Å². The van der Waals surface area contributed by atoms with Gasteiger partial charge < -0.3 is 5.73 Å². The molecule has 2 heterocycles. The van der Waals surface area contributed by atoms with Crippen LogP contribution in [-0.2, 0) is 0 Å². The van der Waals surface area contributed by atoms with Crippen LogP contribution in [0.25, 0.3) is 15.9 Å². The summed E-state index contributed by atoms with van der Waals surface area (Å²) in [4.78, 5) is 11.1. The lowest BCUT2D eigenvalue weighted by atomic mass is 10.1. The van der Waals surface area contributed by atoms with Crippen molar-refractivity contribution in [2.75, 3.05) is 0 Å². The van der Waals surface area contributed by atoms with Crippen molar-refractivity contribution in [3.05, 3.63) is 47.5 Å². The van der Waals surface area contributed by atoms with Gasteiger partial charge in [0.2, 0.25) is 5.91 Å². The number of hydrogen-bond acceptors (Lipinski definition) is 3. The molecular formula is C12H9N3OS. The van der Waals surface area contributed by atoms with Crippen LogP contribution in [0.1, 0.15) is 10.4 Å². The molecule has 0 saturated heterocycles. The molecular weight excluding hydrogens is 234 g/mol. The minimum atomic E-state index is -0.421. The first-order valence-electron chi connectivity index (χ1n) is 5.07. The fourth-order valence-corrected chi connectivity index (χ4v) is 2.45. The predicted octanol–water partition coefficient (Wildman–Crippen LogP) is 2.19. The molecule has 0 spiro atoms. The highest BCUT2D eigenvalue weighted by Crippen LogP contribution is 2.22. The Balaban J connectivity index is 2.21. The van der Waals surface area contributed by atoms with Crippen LogP contribution in [-0.4, -0.2) is 15.7 Å². The molecule has 17 heavy (non-hydrogen) atoms. The summed E-state index contributed by atoms with van der Waals surface area (Å²) in [5.41, 5.74) is 6.71. The lowest BCUT2D eigenvalue weighted by Gasteiger charge is -2.00. The van der Waals surface area contributed by atoms with Crippen LogP contribution in [0.3, 0.4) is 0 Å². The maximum atomic E-state index is 11.1. The van der Waals surface area contributed by atoms with Gasteiger partial charge in [-0.1, -0.05) is 0 Å². The van der Waals surface area contributed by atoms with Crippen molar-refractivity contribution in [3.8, 4) is 5.00 Å². The van der Waals surface area contributed by atoms with Crippen molar-refractivity contribution in [3.63, 3.8) is 0 Å². The lowest BCUT2D eigenvalue weighted by Crippen LogP contribution is -2.10. The number of thiophene rings is 1. The van der Waals surface area contributed by atoms with Crippen molar-refractivity contribution in [1.82, 2.24) is 9.78 Å². The quantitative estimate of drug-likeness (QED) is 0.750. The van der Waals surface area contributed by atoms with E-state index in [2.05, 4.69) is 5.10 Å². The highest BCUT2D eigenvalue weighted by atomic mass is 32.1. The van der Waals surface area contributed by atoms with E-state index in [1.165, 1.54) is 0 Å². The van der Waals surface area contributed by atoms with Gasteiger partial charge in [0.15, 0.2) is 0 Å². The molecule has 84 valence electrons. The highest BCUT2D eigenvalue weighted by molar-refractivity contribution is 7.12. The van der Waals surface area contributed by atoms with Gasteiger partial charge in [-0.05, 0) is 35.7 Å². The van der Waals surface area contributed by atoms with Crippen molar-refractivity contribution >= 4 is 28.1 Å². The second kappa shape index (κ2) is 3.71. The molecule has 0 fully saturated rings. The maximum absolute atomic E-state index is 11.1. The van der Waals surface area contributed by atoms with Gasteiger partial charge in [0.25, 0.3) is 0 Å². The summed E-state index contributed by atoms with van der Waals surface area (Å²) < 4.78 is 1.85. The van der Waals surface area contributed by atoms with E-state index >= 15 is 0 Å². The molecule has 1 amide bonds. The molecule has 0 atom stereocenters. The molecule has 0 radical (unpaired) electrons. The smallest absolute Gasteiger partial charge is 0.248 e. The first-order valence-corrected chi connectivity index (χ1v) is 5.95. The summed E-state index contributed by atoms with van der Waals surface area (Å²) in [7, 11) is 0. The van der Waals surface area contributed by atoms with Gasteiger partial charge in [0.1, 0.15) is 5.00 Å². The average Bonchev–Trinajstić information content (AvgIpc) is 2.96. The minimum absolute atomic E-state index is 0.421. The number of rotatable bonds is 2. The van der Waals surface area contributed by atoms with Crippen molar-refractivity contribution in [2.24, 2.45) is 5.73 Å². The third-order valence-electron chi connectivity index (χ3n) is 2.57. The Morgan fingerprint density at radius 1 is 1.35 bits per heavy atom. The molecule has 5 heteroatoms. The summed E-state index contributed by atoms with van der Waals surface area (Å²) >= 11 is 1.61. The van der Waals surface area contributed by atoms with E-state index in [9.17, 15) is 4.79 Å². The predicted molar refractivity (Wildman–Crippen MR) is 67.5 cm³/mol. The van der Waals surface area contributed by atoms with Crippen LogP contribution >= 0.6 is 11.3 Å².